The predicted octanol–water partition coefficient (Wildman–Crippen LogP) is 1.48. The Labute approximate surface area is 78.4 Å². The van der Waals surface area contributed by atoms with Gasteiger partial charge in [0.2, 0.25) is 0 Å². The smallest absolute Gasteiger partial charge is 0.0535 e. The first-order chi connectivity index (χ1) is 6.36. The molecule has 2 rings (SSSR count). The monoisotopic (exact) mass is 177 g/mol. The van der Waals surface area contributed by atoms with E-state index in [-0.39, 0.29) is 0 Å². The Morgan fingerprint density at radius 3 is 3.08 bits per heavy atom. The number of nitrogens with zero attached hydrogens (tertiary/aromatic N) is 2. The molecule has 13 heavy (non-hydrogen) atoms. The van der Waals surface area contributed by atoms with Gasteiger partial charge in [0.15, 0.2) is 0 Å². The van der Waals surface area contributed by atoms with E-state index in [1.54, 1.807) is 0 Å². The Bertz CT molecular complexity index is 301. The third kappa shape index (κ3) is 1.98. The van der Waals surface area contributed by atoms with Crippen LogP contribution in [0.25, 0.3) is 0 Å². The van der Waals surface area contributed by atoms with Crippen molar-refractivity contribution < 1.29 is 0 Å². The molecule has 0 bridgehead atoms. The van der Waals surface area contributed by atoms with Crippen LogP contribution in [0.3, 0.4) is 0 Å². The van der Waals surface area contributed by atoms with Gasteiger partial charge in [0.1, 0.15) is 0 Å². The van der Waals surface area contributed by atoms with E-state index in [1.165, 1.54) is 24.2 Å². The minimum atomic E-state index is 1.02. The van der Waals surface area contributed by atoms with Gasteiger partial charge in [-0.2, -0.15) is 5.10 Å². The Morgan fingerprint density at radius 1 is 1.54 bits per heavy atom. The van der Waals surface area contributed by atoms with Crippen molar-refractivity contribution in [2.75, 3.05) is 13.1 Å². The third-order valence-corrected chi connectivity index (χ3v) is 2.47. The maximum absolute atomic E-state index is 4.02. The molecule has 0 fully saturated rings. The molecule has 0 aliphatic carbocycles. The lowest BCUT2D eigenvalue weighted by molar-refractivity contribution is 0.290. The van der Waals surface area contributed by atoms with E-state index in [9.17, 15) is 0 Å². The van der Waals surface area contributed by atoms with Gasteiger partial charge in [0.25, 0.3) is 0 Å². The molecule has 0 unspecified atom stereocenters. The number of aryl methyl sites for hydroxylation is 1. The molecule has 1 aliphatic heterocycles. The molecular formula is C10H15N3. The first-order valence-corrected chi connectivity index (χ1v) is 4.72. The molecule has 1 aliphatic rings. The van der Waals surface area contributed by atoms with Crippen molar-refractivity contribution >= 4 is 0 Å². The molecule has 0 radical (unpaired) electrons. The lowest BCUT2D eigenvalue weighted by Gasteiger charge is -2.22. The van der Waals surface area contributed by atoms with Gasteiger partial charge in [0.05, 0.1) is 6.20 Å². The van der Waals surface area contributed by atoms with E-state index in [2.05, 4.69) is 34.2 Å². The highest BCUT2D eigenvalue weighted by molar-refractivity contribution is 5.14. The van der Waals surface area contributed by atoms with Crippen molar-refractivity contribution in [2.45, 2.75) is 19.9 Å². The first-order valence-electron chi connectivity index (χ1n) is 4.72. The summed E-state index contributed by atoms with van der Waals surface area (Å²) in [4.78, 5) is 2.43. The number of hydrogen-bond acceptors (Lipinski definition) is 2. The van der Waals surface area contributed by atoms with Gasteiger partial charge >= 0.3 is 0 Å². The van der Waals surface area contributed by atoms with Gasteiger partial charge in [0, 0.05) is 30.9 Å². The molecule has 3 nitrogen and oxygen atoms in total. The summed E-state index contributed by atoms with van der Waals surface area (Å²) in [6.07, 6.45) is 7.59. The topological polar surface area (TPSA) is 31.9 Å². The summed E-state index contributed by atoms with van der Waals surface area (Å²) in [6, 6.07) is 0. The van der Waals surface area contributed by atoms with Crippen LogP contribution < -0.4 is 0 Å². The quantitative estimate of drug-likeness (QED) is 0.694. The van der Waals surface area contributed by atoms with E-state index in [1.807, 2.05) is 6.20 Å². The third-order valence-electron chi connectivity index (χ3n) is 2.47. The second-order valence-corrected chi connectivity index (χ2v) is 3.52. The van der Waals surface area contributed by atoms with E-state index in [0.29, 0.717) is 0 Å². The van der Waals surface area contributed by atoms with Crippen molar-refractivity contribution in [1.82, 2.24) is 15.1 Å². The summed E-state index contributed by atoms with van der Waals surface area (Å²) in [7, 11) is 0. The van der Waals surface area contributed by atoms with Crippen LogP contribution in [-0.2, 0) is 6.54 Å². The van der Waals surface area contributed by atoms with Gasteiger partial charge in [-0.25, -0.2) is 0 Å². The van der Waals surface area contributed by atoms with Crippen LogP contribution in [0.15, 0.2) is 18.3 Å². The summed E-state index contributed by atoms with van der Waals surface area (Å²) < 4.78 is 0. The van der Waals surface area contributed by atoms with Crippen molar-refractivity contribution in [1.29, 1.82) is 0 Å². The van der Waals surface area contributed by atoms with E-state index >= 15 is 0 Å². The van der Waals surface area contributed by atoms with Crippen LogP contribution in [0.1, 0.15) is 17.7 Å². The average molecular weight is 177 g/mol. The van der Waals surface area contributed by atoms with E-state index in [0.717, 1.165) is 13.1 Å². The Balaban J connectivity index is 1.98. The molecule has 70 valence electrons. The highest BCUT2D eigenvalue weighted by Crippen LogP contribution is 2.09. The second kappa shape index (κ2) is 3.75. The first kappa shape index (κ1) is 8.51. The molecule has 0 saturated carbocycles. The second-order valence-electron chi connectivity index (χ2n) is 3.52. The number of H-pyrrole nitrogens is 1. The van der Waals surface area contributed by atoms with Gasteiger partial charge in [-0.3, -0.25) is 10.00 Å². The van der Waals surface area contributed by atoms with Gasteiger partial charge in [-0.05, 0) is 13.3 Å². The maximum Gasteiger partial charge on any atom is 0.0535 e. The highest BCUT2D eigenvalue weighted by Gasteiger charge is 2.08. The van der Waals surface area contributed by atoms with Crippen molar-refractivity contribution in [3.63, 3.8) is 0 Å². The Morgan fingerprint density at radius 2 is 2.46 bits per heavy atom. The van der Waals surface area contributed by atoms with Crippen LogP contribution in [0, 0.1) is 6.92 Å². The van der Waals surface area contributed by atoms with Crippen LogP contribution in [-0.4, -0.2) is 28.2 Å². The highest BCUT2D eigenvalue weighted by atomic mass is 15.1. The summed E-state index contributed by atoms with van der Waals surface area (Å²) >= 11 is 0. The largest absolute Gasteiger partial charge is 0.295 e. The zero-order valence-corrected chi connectivity index (χ0v) is 7.95. The Hall–Kier alpha value is -1.09. The van der Waals surface area contributed by atoms with Crippen molar-refractivity contribution in [3.8, 4) is 0 Å². The number of aromatic amines is 1. The zero-order valence-electron chi connectivity index (χ0n) is 7.95. The molecule has 1 aromatic heterocycles. The number of aromatic nitrogens is 2. The summed E-state index contributed by atoms with van der Waals surface area (Å²) in [6.45, 7) is 5.33. The standard InChI is InChI=1S/C10H15N3/c1-9-10(7-11-12-9)8-13-5-3-2-4-6-13/h2-3,7H,4-6,8H2,1H3,(H,11,12). The SMILES string of the molecule is Cc1[nH]ncc1CN1CC=CCC1. The molecule has 0 aromatic carbocycles. The van der Waals surface area contributed by atoms with Crippen LogP contribution in [0.4, 0.5) is 0 Å². The van der Waals surface area contributed by atoms with Crippen LogP contribution in [0.2, 0.25) is 0 Å². The lowest BCUT2D eigenvalue weighted by Crippen LogP contribution is -2.26. The lowest BCUT2D eigenvalue weighted by atomic mass is 10.2. The Kier molecular flexibility index (Phi) is 2.45. The zero-order chi connectivity index (χ0) is 9.10. The minimum absolute atomic E-state index is 1.02. The van der Waals surface area contributed by atoms with Crippen LogP contribution in [0.5, 0.6) is 0 Å². The molecule has 2 heterocycles. The number of hydrogen-bond donors (Lipinski definition) is 1. The molecule has 0 atom stereocenters. The number of nitrogens with one attached hydrogen (secondary N) is 1. The molecular weight excluding hydrogens is 162 g/mol. The number of rotatable bonds is 2. The minimum Gasteiger partial charge on any atom is -0.295 e. The molecule has 0 amide bonds. The molecule has 1 N–H and O–H groups in total. The summed E-state index contributed by atoms with van der Waals surface area (Å²) in [5.74, 6) is 0. The molecule has 3 heteroatoms. The van der Waals surface area contributed by atoms with E-state index in [4.69, 9.17) is 0 Å². The molecule has 1 aromatic rings. The van der Waals surface area contributed by atoms with Gasteiger partial charge in [-0.15, -0.1) is 0 Å². The normalized spacial score (nSPS) is 17.9. The van der Waals surface area contributed by atoms with Crippen LogP contribution >= 0.6 is 0 Å². The van der Waals surface area contributed by atoms with E-state index < -0.39 is 0 Å². The van der Waals surface area contributed by atoms with Crippen molar-refractivity contribution in [3.05, 3.63) is 29.6 Å². The fourth-order valence-electron chi connectivity index (χ4n) is 1.61. The maximum atomic E-state index is 4.02. The predicted molar refractivity (Wildman–Crippen MR) is 52.4 cm³/mol. The van der Waals surface area contributed by atoms with Gasteiger partial charge < -0.3 is 0 Å². The molecule has 0 spiro atoms. The van der Waals surface area contributed by atoms with Gasteiger partial charge in [-0.1, -0.05) is 12.2 Å². The fourth-order valence-corrected chi connectivity index (χ4v) is 1.61. The summed E-state index contributed by atoms with van der Waals surface area (Å²) in [5.41, 5.74) is 2.50. The summed E-state index contributed by atoms with van der Waals surface area (Å²) in [5, 5.41) is 6.98. The average Bonchev–Trinajstić information content (AvgIpc) is 2.54. The molecule has 0 saturated heterocycles. The fraction of sp³-hybridized carbons (Fsp3) is 0.500. The van der Waals surface area contributed by atoms with Crippen molar-refractivity contribution in [2.24, 2.45) is 0 Å².